The van der Waals surface area contributed by atoms with Crippen LogP contribution in [0.3, 0.4) is 0 Å². The topological polar surface area (TPSA) is 103 Å². The van der Waals surface area contributed by atoms with Crippen molar-refractivity contribution in [1.82, 2.24) is 20.3 Å². The molecule has 0 aromatic carbocycles. The summed E-state index contributed by atoms with van der Waals surface area (Å²) >= 11 is 0. The molecule has 1 aliphatic rings. The second kappa shape index (κ2) is 5.94. The lowest BCUT2D eigenvalue weighted by molar-refractivity contribution is 0.0520. The predicted molar refractivity (Wildman–Crippen MR) is 69.6 cm³/mol. The molecule has 1 N–H and O–H groups in total. The van der Waals surface area contributed by atoms with Crippen LogP contribution in [-0.4, -0.2) is 32.9 Å². The van der Waals surface area contributed by atoms with Crippen LogP contribution >= 0.6 is 0 Å². The van der Waals surface area contributed by atoms with Crippen LogP contribution in [0, 0.1) is 5.92 Å². The Morgan fingerprint density at radius 2 is 2.38 bits per heavy atom. The van der Waals surface area contributed by atoms with Crippen molar-refractivity contribution in [2.24, 2.45) is 5.92 Å². The van der Waals surface area contributed by atoms with Gasteiger partial charge in [-0.15, -0.1) is 0 Å². The second-order valence-corrected chi connectivity index (χ2v) is 4.87. The molecule has 8 heteroatoms. The number of aromatic nitrogens is 4. The molecule has 2 heterocycles. The van der Waals surface area contributed by atoms with E-state index in [9.17, 15) is 4.79 Å². The van der Waals surface area contributed by atoms with Gasteiger partial charge in [0.1, 0.15) is 5.56 Å². The van der Waals surface area contributed by atoms with Gasteiger partial charge in [-0.3, -0.25) is 0 Å². The van der Waals surface area contributed by atoms with Crippen LogP contribution in [0.4, 0.5) is 0 Å². The summed E-state index contributed by atoms with van der Waals surface area (Å²) in [5, 5.41) is 10.3. The number of carbonyl (C=O) groups excluding carboxylic acids is 1. The van der Waals surface area contributed by atoms with Crippen molar-refractivity contribution in [3.63, 3.8) is 0 Å². The Morgan fingerprint density at radius 1 is 1.52 bits per heavy atom. The third-order valence-corrected chi connectivity index (χ3v) is 3.12. The van der Waals surface area contributed by atoms with Gasteiger partial charge in [0, 0.05) is 6.42 Å². The van der Waals surface area contributed by atoms with Crippen LogP contribution in [0.1, 0.15) is 41.8 Å². The highest BCUT2D eigenvalue weighted by Gasteiger charge is 2.24. The van der Waals surface area contributed by atoms with Crippen molar-refractivity contribution in [3.05, 3.63) is 23.5 Å². The molecule has 1 fully saturated rings. The van der Waals surface area contributed by atoms with Crippen LogP contribution in [0.2, 0.25) is 0 Å². The van der Waals surface area contributed by atoms with E-state index >= 15 is 0 Å². The zero-order valence-electron chi connectivity index (χ0n) is 11.7. The molecule has 8 nitrogen and oxygen atoms in total. The van der Waals surface area contributed by atoms with Crippen molar-refractivity contribution in [1.29, 1.82) is 0 Å². The van der Waals surface area contributed by atoms with E-state index in [0.717, 1.165) is 6.42 Å². The van der Waals surface area contributed by atoms with Crippen molar-refractivity contribution in [2.75, 3.05) is 6.61 Å². The number of hydrogen-bond donors (Lipinski definition) is 1. The van der Waals surface area contributed by atoms with E-state index < -0.39 is 5.97 Å². The summed E-state index contributed by atoms with van der Waals surface area (Å²) in [6.45, 7) is 2.10. The average Bonchev–Trinajstić information content (AvgIpc) is 2.99. The van der Waals surface area contributed by atoms with Gasteiger partial charge >= 0.3 is 5.97 Å². The first-order valence-electron chi connectivity index (χ1n) is 6.91. The first-order valence-corrected chi connectivity index (χ1v) is 6.91. The van der Waals surface area contributed by atoms with Crippen molar-refractivity contribution in [2.45, 2.75) is 32.8 Å². The second-order valence-electron chi connectivity index (χ2n) is 4.87. The van der Waals surface area contributed by atoms with E-state index in [4.69, 9.17) is 14.0 Å². The Labute approximate surface area is 120 Å². The van der Waals surface area contributed by atoms with E-state index in [2.05, 4.69) is 20.3 Å². The Balaban J connectivity index is 1.58. The highest BCUT2D eigenvalue weighted by molar-refractivity contribution is 5.91. The van der Waals surface area contributed by atoms with Gasteiger partial charge in [0.15, 0.2) is 12.4 Å². The number of nitrogens with one attached hydrogen (secondary N) is 1. The first kappa shape index (κ1) is 13.6. The Kier molecular flexibility index (Phi) is 3.85. The lowest BCUT2D eigenvalue weighted by Gasteiger charge is -2.03. The summed E-state index contributed by atoms with van der Waals surface area (Å²) in [6.07, 6.45) is 4.68. The molecule has 3 rings (SSSR count). The molecule has 1 aliphatic carbocycles. The maximum atomic E-state index is 11.7. The summed E-state index contributed by atoms with van der Waals surface area (Å²) < 4.78 is 15.5. The van der Waals surface area contributed by atoms with Crippen LogP contribution < -0.4 is 4.74 Å². The third kappa shape index (κ3) is 3.39. The summed E-state index contributed by atoms with van der Waals surface area (Å²) in [4.78, 5) is 15.9. The van der Waals surface area contributed by atoms with Gasteiger partial charge in [-0.25, -0.2) is 9.89 Å². The first-order chi connectivity index (χ1) is 10.3. The summed E-state index contributed by atoms with van der Waals surface area (Å²) in [7, 11) is 0. The molecule has 1 saturated carbocycles. The van der Waals surface area contributed by atoms with Crippen LogP contribution in [0.25, 0.3) is 0 Å². The Hall–Kier alpha value is -2.38. The molecular formula is C13H16N4O4. The largest absolute Gasteiger partial charge is 0.467 e. The molecule has 0 saturated heterocycles. The molecular weight excluding hydrogens is 276 g/mol. The smallest absolute Gasteiger partial charge is 0.345 e. The number of H-pyrrole nitrogens is 1. The minimum atomic E-state index is -0.485. The third-order valence-electron chi connectivity index (χ3n) is 3.12. The highest BCUT2D eigenvalue weighted by Crippen LogP contribution is 2.31. The molecule has 0 spiro atoms. The lowest BCUT2D eigenvalue weighted by atomic mass is 10.3. The van der Waals surface area contributed by atoms with Gasteiger partial charge in [0.25, 0.3) is 5.89 Å². The van der Waals surface area contributed by atoms with Gasteiger partial charge < -0.3 is 14.0 Å². The SMILES string of the molecule is CCOC(=O)c1cn[nH]c1OCc1nc(CC2CC2)no1. The van der Waals surface area contributed by atoms with E-state index in [1.807, 2.05) is 0 Å². The van der Waals surface area contributed by atoms with Gasteiger partial charge in [-0.1, -0.05) is 5.16 Å². The summed E-state index contributed by atoms with van der Waals surface area (Å²) in [5.41, 5.74) is 0.245. The lowest BCUT2D eigenvalue weighted by Crippen LogP contribution is -2.06. The van der Waals surface area contributed by atoms with Crippen molar-refractivity contribution >= 4 is 5.97 Å². The summed E-state index contributed by atoms with van der Waals surface area (Å²) in [6, 6.07) is 0. The Morgan fingerprint density at radius 3 is 3.14 bits per heavy atom. The molecule has 0 radical (unpaired) electrons. The molecule has 0 unspecified atom stereocenters. The minimum Gasteiger partial charge on any atom is -0.467 e. The van der Waals surface area contributed by atoms with E-state index in [-0.39, 0.29) is 24.7 Å². The maximum Gasteiger partial charge on any atom is 0.345 e. The van der Waals surface area contributed by atoms with Crippen LogP contribution in [-0.2, 0) is 17.8 Å². The van der Waals surface area contributed by atoms with E-state index in [0.29, 0.717) is 17.6 Å². The zero-order chi connectivity index (χ0) is 14.7. The molecule has 0 amide bonds. The minimum absolute atomic E-state index is 0.0757. The number of aromatic amines is 1. The average molecular weight is 292 g/mol. The number of nitrogens with zero attached hydrogens (tertiary/aromatic N) is 3. The van der Waals surface area contributed by atoms with E-state index in [1.54, 1.807) is 6.92 Å². The van der Waals surface area contributed by atoms with Crippen molar-refractivity contribution in [3.8, 4) is 5.88 Å². The fourth-order valence-corrected chi connectivity index (χ4v) is 1.88. The monoisotopic (exact) mass is 292 g/mol. The quantitative estimate of drug-likeness (QED) is 0.771. The van der Waals surface area contributed by atoms with E-state index in [1.165, 1.54) is 19.0 Å². The molecule has 2 aromatic rings. The molecule has 112 valence electrons. The number of carbonyl (C=O) groups is 1. The number of esters is 1. The maximum absolute atomic E-state index is 11.7. The van der Waals surface area contributed by atoms with Gasteiger partial charge in [0.05, 0.1) is 12.8 Å². The fraction of sp³-hybridized carbons (Fsp3) is 0.538. The fourth-order valence-electron chi connectivity index (χ4n) is 1.88. The molecule has 0 atom stereocenters. The summed E-state index contributed by atoms with van der Waals surface area (Å²) in [5.74, 6) is 1.51. The number of hydrogen-bond acceptors (Lipinski definition) is 7. The van der Waals surface area contributed by atoms with Gasteiger partial charge in [0.2, 0.25) is 5.88 Å². The van der Waals surface area contributed by atoms with Gasteiger partial charge in [-0.05, 0) is 25.7 Å². The number of rotatable bonds is 7. The van der Waals surface area contributed by atoms with Gasteiger partial charge in [-0.2, -0.15) is 10.1 Å². The highest BCUT2D eigenvalue weighted by atomic mass is 16.5. The molecule has 0 bridgehead atoms. The standard InChI is InChI=1S/C13H16N4O4/c1-2-19-13(18)9-6-14-16-12(9)20-7-11-15-10(17-21-11)5-8-3-4-8/h6,8H,2-5,7H2,1H3,(H,14,16). The predicted octanol–water partition coefficient (Wildman–Crippen LogP) is 1.50. The van der Waals surface area contributed by atoms with Crippen molar-refractivity contribution < 1.29 is 18.8 Å². The number of ether oxygens (including phenoxy) is 2. The molecule has 2 aromatic heterocycles. The van der Waals surface area contributed by atoms with Crippen LogP contribution in [0.15, 0.2) is 10.7 Å². The normalized spacial score (nSPS) is 14.1. The van der Waals surface area contributed by atoms with Crippen LogP contribution in [0.5, 0.6) is 5.88 Å². The molecule has 21 heavy (non-hydrogen) atoms. The zero-order valence-corrected chi connectivity index (χ0v) is 11.7. The molecule has 0 aliphatic heterocycles. The Bertz CT molecular complexity index is 617.